The number of rotatable bonds is 5. The number of halogens is 1. The number of benzene rings is 1. The Hall–Kier alpha value is -1.50. The lowest BCUT2D eigenvalue weighted by atomic mass is 10.1. The summed E-state index contributed by atoms with van der Waals surface area (Å²) >= 11 is 6.31. The Morgan fingerprint density at radius 3 is 2.56 bits per heavy atom. The molecule has 0 radical (unpaired) electrons. The van der Waals surface area contributed by atoms with Gasteiger partial charge in [-0.25, -0.2) is 0 Å². The molecule has 1 saturated heterocycles. The van der Waals surface area contributed by atoms with Crippen LogP contribution in [0.2, 0.25) is 5.02 Å². The highest BCUT2D eigenvalue weighted by atomic mass is 35.5. The van der Waals surface area contributed by atoms with Gasteiger partial charge in [0.1, 0.15) is 13.2 Å². The summed E-state index contributed by atoms with van der Waals surface area (Å²) < 4.78 is 11.2. The van der Waals surface area contributed by atoms with Gasteiger partial charge in [-0.2, -0.15) is 0 Å². The molecule has 7 heteroatoms. The van der Waals surface area contributed by atoms with Crippen molar-refractivity contribution in [1.82, 2.24) is 15.1 Å². The molecule has 138 valence electrons. The zero-order valence-corrected chi connectivity index (χ0v) is 15.6. The number of ether oxygens (including phenoxy) is 2. The van der Waals surface area contributed by atoms with Crippen LogP contribution in [0.4, 0.5) is 0 Å². The maximum absolute atomic E-state index is 11.9. The van der Waals surface area contributed by atoms with Crippen LogP contribution in [0.5, 0.6) is 11.5 Å². The zero-order chi connectivity index (χ0) is 17.8. The van der Waals surface area contributed by atoms with Crippen LogP contribution < -0.4 is 14.8 Å². The Balaban J connectivity index is 1.51. The zero-order valence-electron chi connectivity index (χ0n) is 14.9. The minimum Gasteiger partial charge on any atom is -0.486 e. The van der Waals surface area contributed by atoms with E-state index >= 15 is 0 Å². The Bertz CT molecular complexity index is 616. The van der Waals surface area contributed by atoms with Crippen molar-refractivity contribution in [2.75, 3.05) is 45.9 Å². The van der Waals surface area contributed by atoms with Crippen LogP contribution in [0.3, 0.4) is 0 Å². The van der Waals surface area contributed by atoms with E-state index in [1.54, 1.807) is 0 Å². The van der Waals surface area contributed by atoms with Gasteiger partial charge < -0.3 is 14.8 Å². The molecule has 0 atom stereocenters. The van der Waals surface area contributed by atoms with E-state index in [0.717, 1.165) is 44.0 Å². The first kappa shape index (κ1) is 18.3. The van der Waals surface area contributed by atoms with E-state index in [1.165, 1.54) is 0 Å². The third kappa shape index (κ3) is 5.00. The van der Waals surface area contributed by atoms with Crippen LogP contribution in [0.15, 0.2) is 12.1 Å². The van der Waals surface area contributed by atoms with Crippen molar-refractivity contribution in [3.63, 3.8) is 0 Å². The number of fused-ring (bicyclic) bond motifs is 1. The number of hydrogen-bond acceptors (Lipinski definition) is 5. The topological polar surface area (TPSA) is 54.0 Å². The molecule has 6 nitrogen and oxygen atoms in total. The molecule has 0 unspecified atom stereocenters. The van der Waals surface area contributed by atoms with Gasteiger partial charge in [-0.1, -0.05) is 11.6 Å². The van der Waals surface area contributed by atoms with E-state index < -0.39 is 0 Å². The molecule has 1 aromatic rings. The fraction of sp³-hybridized carbons (Fsp3) is 0.611. The summed E-state index contributed by atoms with van der Waals surface area (Å²) in [7, 11) is 0. The van der Waals surface area contributed by atoms with E-state index in [0.29, 0.717) is 30.5 Å². The fourth-order valence-electron chi connectivity index (χ4n) is 3.19. The maximum atomic E-state index is 11.9. The highest BCUT2D eigenvalue weighted by Gasteiger charge is 2.21. The predicted molar refractivity (Wildman–Crippen MR) is 97.4 cm³/mol. The van der Waals surface area contributed by atoms with Gasteiger partial charge in [0.15, 0.2) is 11.5 Å². The second kappa shape index (κ2) is 8.25. The quantitative estimate of drug-likeness (QED) is 0.859. The minimum atomic E-state index is 0.0991. The maximum Gasteiger partial charge on any atom is 0.234 e. The highest BCUT2D eigenvalue weighted by Crippen LogP contribution is 2.38. The summed E-state index contributed by atoms with van der Waals surface area (Å²) in [6, 6.07) is 4.16. The Labute approximate surface area is 154 Å². The lowest BCUT2D eigenvalue weighted by Gasteiger charge is -2.34. The lowest BCUT2D eigenvalue weighted by Crippen LogP contribution is -2.49. The summed E-state index contributed by atoms with van der Waals surface area (Å²) in [4.78, 5) is 16.4. The molecule has 0 spiro atoms. The number of nitrogens with one attached hydrogen (secondary N) is 1. The van der Waals surface area contributed by atoms with Crippen molar-refractivity contribution in [1.29, 1.82) is 0 Å². The van der Waals surface area contributed by atoms with Crippen LogP contribution in [0, 0.1) is 0 Å². The molecule has 2 aliphatic heterocycles. The number of nitrogens with zero attached hydrogens (tertiary/aromatic N) is 2. The van der Waals surface area contributed by atoms with Crippen LogP contribution in [-0.4, -0.2) is 67.7 Å². The Morgan fingerprint density at radius 2 is 1.84 bits per heavy atom. The summed E-state index contributed by atoms with van der Waals surface area (Å²) in [5.41, 5.74) is 1.13. The van der Waals surface area contributed by atoms with Crippen LogP contribution in [-0.2, 0) is 11.3 Å². The largest absolute Gasteiger partial charge is 0.486 e. The van der Waals surface area contributed by atoms with E-state index in [-0.39, 0.29) is 11.9 Å². The highest BCUT2D eigenvalue weighted by molar-refractivity contribution is 6.32. The molecular weight excluding hydrogens is 342 g/mol. The average Bonchev–Trinajstić information content (AvgIpc) is 2.56. The number of carbonyl (C=O) groups is 1. The molecule has 0 aromatic heterocycles. The third-order valence-electron chi connectivity index (χ3n) is 4.34. The number of carbonyl (C=O) groups excluding carboxylic acids is 1. The fourth-order valence-corrected chi connectivity index (χ4v) is 3.48. The van der Waals surface area contributed by atoms with Gasteiger partial charge in [-0.3, -0.25) is 14.6 Å². The molecule has 1 amide bonds. The first-order chi connectivity index (χ1) is 12.0. The first-order valence-electron chi connectivity index (χ1n) is 8.83. The summed E-state index contributed by atoms with van der Waals surface area (Å²) in [5, 5.41) is 3.55. The van der Waals surface area contributed by atoms with Crippen molar-refractivity contribution < 1.29 is 14.3 Å². The standard InChI is InChI=1S/C18H26ClN3O3/c1-13(2)20-17(23)12-22-5-3-21(4-6-22)11-14-9-15(19)18-16(10-14)24-7-8-25-18/h9-10,13H,3-8,11-12H2,1-2H3,(H,20,23). The second-order valence-corrected chi connectivity index (χ2v) is 7.28. The van der Waals surface area contributed by atoms with Gasteiger partial charge in [0, 0.05) is 38.8 Å². The van der Waals surface area contributed by atoms with Gasteiger partial charge in [0.2, 0.25) is 5.91 Å². The summed E-state index contributed by atoms with van der Waals surface area (Å²) in [5.74, 6) is 1.48. The Morgan fingerprint density at radius 1 is 1.16 bits per heavy atom. The van der Waals surface area contributed by atoms with E-state index in [2.05, 4.69) is 15.1 Å². The van der Waals surface area contributed by atoms with Crippen molar-refractivity contribution in [2.24, 2.45) is 0 Å². The molecular formula is C18H26ClN3O3. The van der Waals surface area contributed by atoms with Gasteiger partial charge in [-0.05, 0) is 31.5 Å². The smallest absolute Gasteiger partial charge is 0.234 e. The molecule has 2 aliphatic rings. The SMILES string of the molecule is CC(C)NC(=O)CN1CCN(Cc2cc(Cl)c3c(c2)OCCO3)CC1. The molecule has 0 bridgehead atoms. The number of piperazine rings is 1. The second-order valence-electron chi connectivity index (χ2n) is 6.88. The molecule has 25 heavy (non-hydrogen) atoms. The van der Waals surface area contributed by atoms with Crippen LogP contribution >= 0.6 is 11.6 Å². The molecule has 1 aromatic carbocycles. The van der Waals surface area contributed by atoms with Gasteiger partial charge in [0.25, 0.3) is 0 Å². The normalized spacial score (nSPS) is 18.4. The predicted octanol–water partition coefficient (Wildman–Crippen LogP) is 1.75. The van der Waals surface area contributed by atoms with Crippen molar-refractivity contribution >= 4 is 17.5 Å². The van der Waals surface area contributed by atoms with Crippen molar-refractivity contribution in [2.45, 2.75) is 26.4 Å². The molecule has 0 aliphatic carbocycles. The van der Waals surface area contributed by atoms with E-state index in [4.69, 9.17) is 21.1 Å². The van der Waals surface area contributed by atoms with Crippen LogP contribution in [0.25, 0.3) is 0 Å². The van der Waals surface area contributed by atoms with Gasteiger partial charge in [0.05, 0.1) is 11.6 Å². The first-order valence-corrected chi connectivity index (χ1v) is 9.21. The summed E-state index contributed by atoms with van der Waals surface area (Å²) in [6.45, 7) is 10.0. The molecule has 1 fully saturated rings. The van der Waals surface area contributed by atoms with Gasteiger partial charge >= 0.3 is 0 Å². The molecule has 0 saturated carbocycles. The third-order valence-corrected chi connectivity index (χ3v) is 4.63. The number of hydrogen-bond donors (Lipinski definition) is 1. The van der Waals surface area contributed by atoms with Crippen molar-refractivity contribution in [3.8, 4) is 11.5 Å². The van der Waals surface area contributed by atoms with Crippen LogP contribution in [0.1, 0.15) is 19.4 Å². The van der Waals surface area contributed by atoms with E-state index in [1.807, 2.05) is 26.0 Å². The monoisotopic (exact) mass is 367 g/mol. The molecule has 2 heterocycles. The summed E-state index contributed by atoms with van der Waals surface area (Å²) in [6.07, 6.45) is 0. The number of amides is 1. The van der Waals surface area contributed by atoms with Crippen molar-refractivity contribution in [3.05, 3.63) is 22.7 Å². The van der Waals surface area contributed by atoms with E-state index in [9.17, 15) is 4.79 Å². The molecule has 1 N–H and O–H groups in total. The Kier molecular flexibility index (Phi) is 6.04. The molecule has 3 rings (SSSR count). The average molecular weight is 368 g/mol. The lowest BCUT2D eigenvalue weighted by molar-refractivity contribution is -0.123. The minimum absolute atomic E-state index is 0.0991. The van der Waals surface area contributed by atoms with Gasteiger partial charge in [-0.15, -0.1) is 0 Å².